The number of amides is 1. The molecular weight excluding hydrogens is 408 g/mol. The van der Waals surface area contributed by atoms with E-state index in [-0.39, 0.29) is 22.0 Å². The molecule has 0 radical (unpaired) electrons. The molecule has 1 N–H and O–H groups in total. The fourth-order valence-electron chi connectivity index (χ4n) is 2.43. The van der Waals surface area contributed by atoms with Gasteiger partial charge in [0.25, 0.3) is 0 Å². The number of anilines is 1. The van der Waals surface area contributed by atoms with Crippen molar-refractivity contribution in [1.29, 1.82) is 0 Å². The summed E-state index contributed by atoms with van der Waals surface area (Å²) in [5.41, 5.74) is 0.607. The second-order valence-corrected chi connectivity index (χ2v) is 7.27. The number of hydrogen-bond acceptors (Lipinski definition) is 3. The number of ether oxygens (including phenoxy) is 1. The average Bonchev–Trinajstić information content (AvgIpc) is 2.61. The van der Waals surface area contributed by atoms with Crippen LogP contribution in [0.5, 0.6) is 0 Å². The summed E-state index contributed by atoms with van der Waals surface area (Å²) >= 11 is 22.6. The molecule has 4 nitrogen and oxygen atoms in total. The maximum atomic E-state index is 12.6. The Morgan fingerprint density at radius 2 is 1.64 bits per heavy atom. The van der Waals surface area contributed by atoms with Crippen LogP contribution in [0, 0.1) is 11.8 Å². The maximum absolute atomic E-state index is 12.6. The van der Waals surface area contributed by atoms with Gasteiger partial charge in [0.1, 0.15) is 11.1 Å². The van der Waals surface area contributed by atoms with Gasteiger partial charge in [-0.1, -0.05) is 58.6 Å². The third kappa shape index (κ3) is 5.93. The topological polar surface area (TPSA) is 55.4 Å². The van der Waals surface area contributed by atoms with E-state index in [0.717, 1.165) is 0 Å². The Bertz CT molecular complexity index is 696. The molecule has 1 aliphatic rings. The average molecular weight is 423 g/mol. The molecule has 25 heavy (non-hydrogen) atoms. The van der Waals surface area contributed by atoms with Gasteiger partial charge in [-0.2, -0.15) is 0 Å². The van der Waals surface area contributed by atoms with Crippen molar-refractivity contribution in [3.63, 3.8) is 0 Å². The van der Waals surface area contributed by atoms with E-state index < -0.39 is 17.8 Å². The number of carbonyl (C=O) groups excluding carboxylic acids is 2. The van der Waals surface area contributed by atoms with Crippen molar-refractivity contribution in [2.45, 2.75) is 12.8 Å². The van der Waals surface area contributed by atoms with Crippen LogP contribution in [-0.2, 0) is 14.3 Å². The SMILES string of the molecule is O=C(Nc1ccc(Cl)cc1)[C@@H]1CC=CC[C@H]1C(=O)OCC(Cl)=C(Cl)Cl. The standard InChI is InChI=1S/C17H15Cl4NO3/c18-10-5-7-11(8-6-10)22-16(23)12-3-1-2-4-13(12)17(24)25-9-14(19)15(20)21/h1-2,5-8,12-13H,3-4,9H2,(H,22,23)/t12-,13-/m1/s1. The summed E-state index contributed by atoms with van der Waals surface area (Å²) in [5.74, 6) is -1.92. The molecule has 0 spiro atoms. The van der Waals surface area contributed by atoms with Gasteiger partial charge in [0, 0.05) is 10.7 Å². The summed E-state index contributed by atoms with van der Waals surface area (Å²) in [6.45, 7) is -0.228. The molecule has 0 fully saturated rings. The summed E-state index contributed by atoms with van der Waals surface area (Å²) in [7, 11) is 0. The lowest BCUT2D eigenvalue weighted by atomic mass is 9.82. The molecule has 0 bridgehead atoms. The van der Waals surface area contributed by atoms with Gasteiger partial charge in [-0.25, -0.2) is 0 Å². The number of nitrogens with one attached hydrogen (secondary N) is 1. The smallest absolute Gasteiger partial charge is 0.310 e. The van der Waals surface area contributed by atoms with Crippen LogP contribution in [0.2, 0.25) is 5.02 Å². The van der Waals surface area contributed by atoms with E-state index in [1.807, 2.05) is 12.2 Å². The monoisotopic (exact) mass is 421 g/mol. The third-order valence-electron chi connectivity index (χ3n) is 3.73. The number of esters is 1. The second-order valence-electron chi connectivity index (χ2n) is 5.42. The fraction of sp³-hybridized carbons (Fsp3) is 0.294. The van der Waals surface area contributed by atoms with E-state index in [4.69, 9.17) is 51.1 Å². The molecule has 1 amide bonds. The number of halogens is 4. The molecule has 1 aromatic carbocycles. The molecule has 0 aromatic heterocycles. The van der Waals surface area contributed by atoms with E-state index >= 15 is 0 Å². The molecule has 0 aliphatic heterocycles. The van der Waals surface area contributed by atoms with Crippen LogP contribution in [0.15, 0.2) is 45.9 Å². The van der Waals surface area contributed by atoms with Crippen LogP contribution in [0.3, 0.4) is 0 Å². The van der Waals surface area contributed by atoms with Crippen molar-refractivity contribution in [1.82, 2.24) is 0 Å². The van der Waals surface area contributed by atoms with Crippen molar-refractivity contribution < 1.29 is 14.3 Å². The first-order valence-corrected chi connectivity index (χ1v) is 8.97. The predicted octanol–water partition coefficient (Wildman–Crippen LogP) is 5.29. The van der Waals surface area contributed by atoms with Crippen molar-refractivity contribution in [3.05, 3.63) is 51.0 Å². The normalized spacial score (nSPS) is 19.2. The molecule has 2 rings (SSSR count). The Hall–Kier alpha value is -1.20. The van der Waals surface area contributed by atoms with Crippen LogP contribution < -0.4 is 5.32 Å². The van der Waals surface area contributed by atoms with Gasteiger partial charge in [-0.05, 0) is 37.1 Å². The zero-order valence-electron chi connectivity index (χ0n) is 13.0. The minimum atomic E-state index is -0.601. The summed E-state index contributed by atoms with van der Waals surface area (Å²) < 4.78 is 4.96. The van der Waals surface area contributed by atoms with Crippen molar-refractivity contribution in [3.8, 4) is 0 Å². The highest BCUT2D eigenvalue weighted by atomic mass is 35.5. The molecule has 1 aromatic rings. The van der Waals surface area contributed by atoms with Gasteiger partial charge in [-0.15, -0.1) is 0 Å². The van der Waals surface area contributed by atoms with Gasteiger partial charge in [-0.3, -0.25) is 9.59 Å². The van der Waals surface area contributed by atoms with Crippen molar-refractivity contribution in [2.24, 2.45) is 11.8 Å². The predicted molar refractivity (Wildman–Crippen MR) is 101 cm³/mol. The molecule has 0 heterocycles. The van der Waals surface area contributed by atoms with E-state index in [2.05, 4.69) is 5.32 Å². The highest BCUT2D eigenvalue weighted by Crippen LogP contribution is 2.29. The van der Waals surface area contributed by atoms with Crippen molar-refractivity contribution >= 4 is 64.0 Å². The molecule has 134 valence electrons. The number of allylic oxidation sites excluding steroid dienone is 2. The zero-order valence-corrected chi connectivity index (χ0v) is 16.0. The molecule has 2 atom stereocenters. The Kier molecular flexibility index (Phi) is 7.63. The quantitative estimate of drug-likeness (QED) is 0.518. The first-order chi connectivity index (χ1) is 11.9. The molecule has 0 unspecified atom stereocenters. The van der Waals surface area contributed by atoms with Crippen molar-refractivity contribution in [2.75, 3.05) is 11.9 Å². The maximum Gasteiger partial charge on any atom is 0.310 e. The van der Waals surface area contributed by atoms with Crippen LogP contribution >= 0.6 is 46.4 Å². The first kappa shape index (κ1) is 20.1. The lowest BCUT2D eigenvalue weighted by molar-refractivity contribution is -0.151. The number of rotatable bonds is 5. The van der Waals surface area contributed by atoms with Crippen LogP contribution in [0.1, 0.15) is 12.8 Å². The van der Waals surface area contributed by atoms with Crippen LogP contribution in [0.25, 0.3) is 0 Å². The van der Waals surface area contributed by atoms with Gasteiger partial charge >= 0.3 is 5.97 Å². The summed E-state index contributed by atoms with van der Waals surface area (Å²) in [6, 6.07) is 6.74. The molecule has 0 saturated heterocycles. The molecule has 8 heteroatoms. The Balaban J connectivity index is 2.03. The molecular formula is C17H15Cl4NO3. The number of carbonyl (C=O) groups is 2. The van der Waals surface area contributed by atoms with E-state index in [9.17, 15) is 9.59 Å². The number of hydrogen-bond donors (Lipinski definition) is 1. The Labute approximate surface area is 165 Å². The minimum Gasteiger partial charge on any atom is -0.460 e. The van der Waals surface area contributed by atoms with Gasteiger partial charge < -0.3 is 10.1 Å². The van der Waals surface area contributed by atoms with E-state index in [0.29, 0.717) is 23.6 Å². The molecule has 1 aliphatic carbocycles. The van der Waals surface area contributed by atoms with Crippen LogP contribution in [-0.4, -0.2) is 18.5 Å². The fourth-order valence-corrected chi connectivity index (χ4v) is 2.72. The Morgan fingerprint density at radius 1 is 1.04 bits per heavy atom. The lowest BCUT2D eigenvalue weighted by Gasteiger charge is -2.26. The lowest BCUT2D eigenvalue weighted by Crippen LogP contribution is -2.36. The molecule has 0 saturated carbocycles. The Morgan fingerprint density at radius 3 is 2.24 bits per heavy atom. The summed E-state index contributed by atoms with van der Waals surface area (Å²) in [4.78, 5) is 24.9. The van der Waals surface area contributed by atoms with Gasteiger partial charge in [0.15, 0.2) is 0 Å². The minimum absolute atomic E-state index is 0.0326. The summed E-state index contributed by atoms with van der Waals surface area (Å²) in [6.07, 6.45) is 4.58. The van der Waals surface area contributed by atoms with Gasteiger partial charge in [0.2, 0.25) is 5.91 Å². The van der Waals surface area contributed by atoms with E-state index in [1.54, 1.807) is 24.3 Å². The largest absolute Gasteiger partial charge is 0.460 e. The second kappa shape index (κ2) is 9.48. The third-order valence-corrected chi connectivity index (χ3v) is 4.93. The van der Waals surface area contributed by atoms with Crippen LogP contribution in [0.4, 0.5) is 5.69 Å². The summed E-state index contributed by atoms with van der Waals surface area (Å²) in [5, 5.41) is 3.39. The zero-order chi connectivity index (χ0) is 18.4. The number of benzene rings is 1. The highest BCUT2D eigenvalue weighted by molar-refractivity contribution is 6.59. The van der Waals surface area contributed by atoms with E-state index in [1.165, 1.54) is 0 Å². The highest BCUT2D eigenvalue weighted by Gasteiger charge is 2.35. The first-order valence-electron chi connectivity index (χ1n) is 7.46. The van der Waals surface area contributed by atoms with Gasteiger partial charge in [0.05, 0.1) is 16.9 Å².